The molecule has 18 heavy (non-hydrogen) atoms. The van der Waals surface area contributed by atoms with Crippen molar-refractivity contribution in [2.45, 2.75) is 38.6 Å². The highest BCUT2D eigenvalue weighted by atomic mass is 32.1. The lowest BCUT2D eigenvalue weighted by atomic mass is 9.82. The van der Waals surface area contributed by atoms with E-state index in [1.165, 1.54) is 30.6 Å². The second kappa shape index (κ2) is 5.22. The first-order valence-electron chi connectivity index (χ1n) is 7.18. The van der Waals surface area contributed by atoms with Crippen LogP contribution in [0.4, 0.5) is 0 Å². The van der Waals surface area contributed by atoms with Crippen molar-refractivity contribution in [2.75, 3.05) is 13.7 Å². The van der Waals surface area contributed by atoms with Crippen molar-refractivity contribution in [3.8, 4) is 5.75 Å². The molecule has 0 spiro atoms. The van der Waals surface area contributed by atoms with E-state index in [1.807, 2.05) is 11.3 Å². The Hall–Kier alpha value is -0.540. The average molecular weight is 265 g/mol. The van der Waals surface area contributed by atoms with E-state index >= 15 is 0 Å². The fourth-order valence-electron chi connectivity index (χ4n) is 4.07. The Bertz CT molecular complexity index is 403. The first kappa shape index (κ1) is 12.5. The maximum atomic E-state index is 5.52. The van der Waals surface area contributed by atoms with Gasteiger partial charge in [0, 0.05) is 6.04 Å². The van der Waals surface area contributed by atoms with Crippen LogP contribution in [0, 0.1) is 17.8 Å². The van der Waals surface area contributed by atoms with Gasteiger partial charge in [-0.1, -0.05) is 13.3 Å². The molecule has 3 rings (SSSR count). The van der Waals surface area contributed by atoms with Crippen LogP contribution in [0.3, 0.4) is 0 Å². The standard InChI is InChI=1S/C15H23NOS/c1-3-16-14(15-13(17-2)6-7-18-15)12-9-10-4-5-11(12)8-10/h6-7,10-12,14,16H,3-5,8-9H2,1-2H3. The number of fused-ring (bicyclic) bond motifs is 2. The van der Waals surface area contributed by atoms with Crippen molar-refractivity contribution in [3.05, 3.63) is 16.3 Å². The van der Waals surface area contributed by atoms with Gasteiger partial charge in [0.25, 0.3) is 0 Å². The van der Waals surface area contributed by atoms with Crippen LogP contribution in [0.15, 0.2) is 11.4 Å². The maximum absolute atomic E-state index is 5.52. The van der Waals surface area contributed by atoms with E-state index in [1.54, 1.807) is 7.11 Å². The SMILES string of the molecule is CCNC(c1sccc1OC)C1CC2CCC1C2. The Morgan fingerprint density at radius 1 is 1.44 bits per heavy atom. The Balaban J connectivity index is 1.84. The largest absolute Gasteiger partial charge is 0.496 e. The summed E-state index contributed by atoms with van der Waals surface area (Å²) in [7, 11) is 1.79. The number of hydrogen-bond donors (Lipinski definition) is 1. The summed E-state index contributed by atoms with van der Waals surface area (Å²) in [5, 5.41) is 5.88. The van der Waals surface area contributed by atoms with Crippen molar-refractivity contribution in [3.63, 3.8) is 0 Å². The monoisotopic (exact) mass is 265 g/mol. The lowest BCUT2D eigenvalue weighted by Crippen LogP contribution is -2.31. The zero-order chi connectivity index (χ0) is 12.5. The van der Waals surface area contributed by atoms with E-state index in [0.717, 1.165) is 30.0 Å². The van der Waals surface area contributed by atoms with E-state index in [4.69, 9.17) is 4.74 Å². The third-order valence-corrected chi connectivity index (χ3v) is 5.79. The van der Waals surface area contributed by atoms with Crippen LogP contribution in [-0.4, -0.2) is 13.7 Å². The minimum atomic E-state index is 0.514. The average Bonchev–Trinajstić information content (AvgIpc) is 3.10. The number of methoxy groups -OCH3 is 1. The fourth-order valence-corrected chi connectivity index (χ4v) is 5.08. The molecule has 0 amide bonds. The van der Waals surface area contributed by atoms with E-state index in [9.17, 15) is 0 Å². The number of rotatable bonds is 5. The van der Waals surface area contributed by atoms with Crippen LogP contribution in [0.5, 0.6) is 5.75 Å². The normalized spacial score (nSPS) is 31.8. The molecule has 4 atom stereocenters. The molecule has 1 N–H and O–H groups in total. The third kappa shape index (κ3) is 2.08. The number of ether oxygens (including phenoxy) is 1. The molecule has 0 saturated heterocycles. The number of thiophene rings is 1. The molecule has 1 aromatic heterocycles. The van der Waals surface area contributed by atoms with Crippen molar-refractivity contribution in [1.82, 2.24) is 5.32 Å². The zero-order valence-corrected chi connectivity index (χ0v) is 12.1. The summed E-state index contributed by atoms with van der Waals surface area (Å²) in [5.74, 6) is 3.86. The van der Waals surface area contributed by atoms with Crippen LogP contribution in [-0.2, 0) is 0 Å². The molecular formula is C15H23NOS. The van der Waals surface area contributed by atoms with Gasteiger partial charge in [0.05, 0.1) is 12.0 Å². The van der Waals surface area contributed by atoms with Gasteiger partial charge in [0.15, 0.2) is 0 Å². The zero-order valence-electron chi connectivity index (χ0n) is 11.3. The number of nitrogens with one attached hydrogen (secondary N) is 1. The molecule has 1 heterocycles. The molecule has 2 saturated carbocycles. The predicted molar refractivity (Wildman–Crippen MR) is 76.2 cm³/mol. The van der Waals surface area contributed by atoms with Crippen molar-refractivity contribution in [2.24, 2.45) is 17.8 Å². The highest BCUT2D eigenvalue weighted by Gasteiger charge is 2.44. The van der Waals surface area contributed by atoms with Gasteiger partial charge in [-0.15, -0.1) is 11.3 Å². The Morgan fingerprint density at radius 2 is 2.33 bits per heavy atom. The molecule has 100 valence electrons. The lowest BCUT2D eigenvalue weighted by molar-refractivity contribution is 0.251. The van der Waals surface area contributed by atoms with Gasteiger partial charge in [0.1, 0.15) is 5.75 Å². The molecule has 2 bridgehead atoms. The predicted octanol–water partition coefficient (Wildman–Crippen LogP) is 3.84. The quantitative estimate of drug-likeness (QED) is 0.873. The summed E-state index contributed by atoms with van der Waals surface area (Å²) < 4.78 is 5.52. The van der Waals surface area contributed by atoms with E-state index in [-0.39, 0.29) is 0 Å². The van der Waals surface area contributed by atoms with Crippen LogP contribution < -0.4 is 10.1 Å². The van der Waals surface area contributed by atoms with Gasteiger partial charge in [-0.05, 0) is 55.0 Å². The van der Waals surface area contributed by atoms with E-state index < -0.39 is 0 Å². The van der Waals surface area contributed by atoms with Crippen molar-refractivity contribution in [1.29, 1.82) is 0 Å². The molecule has 0 aromatic carbocycles. The summed E-state index contributed by atoms with van der Waals surface area (Å²) in [5.41, 5.74) is 0. The summed E-state index contributed by atoms with van der Waals surface area (Å²) in [6.45, 7) is 3.25. The van der Waals surface area contributed by atoms with Gasteiger partial charge < -0.3 is 10.1 Å². The fraction of sp³-hybridized carbons (Fsp3) is 0.733. The van der Waals surface area contributed by atoms with Gasteiger partial charge in [0.2, 0.25) is 0 Å². The molecule has 4 unspecified atom stereocenters. The third-order valence-electron chi connectivity index (χ3n) is 4.80. The molecule has 2 aliphatic rings. The van der Waals surface area contributed by atoms with Crippen LogP contribution in [0.2, 0.25) is 0 Å². The topological polar surface area (TPSA) is 21.3 Å². The van der Waals surface area contributed by atoms with Gasteiger partial charge in [-0.3, -0.25) is 0 Å². The summed E-state index contributed by atoms with van der Waals surface area (Å²) >= 11 is 1.85. The Labute approximate surface area is 114 Å². The molecule has 1 aromatic rings. The molecule has 2 aliphatic carbocycles. The van der Waals surface area contributed by atoms with Crippen LogP contribution in [0.25, 0.3) is 0 Å². The van der Waals surface area contributed by atoms with Crippen LogP contribution >= 0.6 is 11.3 Å². The first-order valence-corrected chi connectivity index (χ1v) is 8.06. The smallest absolute Gasteiger partial charge is 0.134 e. The lowest BCUT2D eigenvalue weighted by Gasteiger charge is -2.31. The summed E-state index contributed by atoms with van der Waals surface area (Å²) in [6.07, 6.45) is 5.82. The Kier molecular flexibility index (Phi) is 3.62. The van der Waals surface area contributed by atoms with Crippen LogP contribution in [0.1, 0.15) is 43.5 Å². The summed E-state index contributed by atoms with van der Waals surface area (Å²) in [4.78, 5) is 1.41. The molecule has 0 radical (unpaired) electrons. The van der Waals surface area contributed by atoms with E-state index in [0.29, 0.717) is 6.04 Å². The molecule has 0 aliphatic heterocycles. The highest BCUT2D eigenvalue weighted by molar-refractivity contribution is 7.10. The van der Waals surface area contributed by atoms with E-state index in [2.05, 4.69) is 23.7 Å². The Morgan fingerprint density at radius 3 is 2.94 bits per heavy atom. The van der Waals surface area contributed by atoms with Crippen molar-refractivity contribution >= 4 is 11.3 Å². The number of hydrogen-bond acceptors (Lipinski definition) is 3. The minimum Gasteiger partial charge on any atom is -0.496 e. The second-order valence-corrected chi connectivity index (χ2v) is 6.67. The minimum absolute atomic E-state index is 0.514. The highest BCUT2D eigenvalue weighted by Crippen LogP contribution is 2.54. The second-order valence-electron chi connectivity index (χ2n) is 5.73. The molecular weight excluding hydrogens is 242 g/mol. The van der Waals surface area contributed by atoms with Gasteiger partial charge >= 0.3 is 0 Å². The summed E-state index contributed by atoms with van der Waals surface area (Å²) in [6, 6.07) is 2.62. The molecule has 2 fully saturated rings. The maximum Gasteiger partial charge on any atom is 0.134 e. The van der Waals surface area contributed by atoms with Crippen molar-refractivity contribution < 1.29 is 4.74 Å². The first-order chi connectivity index (χ1) is 8.83. The van der Waals surface area contributed by atoms with Gasteiger partial charge in [-0.2, -0.15) is 0 Å². The van der Waals surface area contributed by atoms with Gasteiger partial charge in [-0.25, -0.2) is 0 Å². The molecule has 3 heteroatoms. The molecule has 2 nitrogen and oxygen atoms in total.